The van der Waals surface area contributed by atoms with Crippen molar-refractivity contribution in [3.8, 4) is 0 Å². The van der Waals surface area contributed by atoms with Gasteiger partial charge in [0.2, 0.25) is 5.91 Å². The Morgan fingerprint density at radius 1 is 1.30 bits per heavy atom. The highest BCUT2D eigenvalue weighted by Gasteiger charge is 2.05. The fraction of sp³-hybridized carbons (Fsp3) is 0.200. The summed E-state index contributed by atoms with van der Waals surface area (Å²) in [6, 6.07) is 8.41. The summed E-state index contributed by atoms with van der Waals surface area (Å²) in [5.74, 6) is -0.763. The molecule has 0 aliphatic rings. The zero-order chi connectivity index (χ0) is 14.5. The molecular weight excluding hydrogens is 257 g/mol. The summed E-state index contributed by atoms with van der Waals surface area (Å²) < 4.78 is 13.5. The van der Waals surface area contributed by atoms with E-state index in [2.05, 4.69) is 15.6 Å². The maximum absolute atomic E-state index is 13.5. The van der Waals surface area contributed by atoms with E-state index in [0.717, 1.165) is 16.9 Å². The van der Waals surface area contributed by atoms with E-state index >= 15 is 0 Å². The first-order valence-electron chi connectivity index (χ1n) is 6.27. The van der Waals surface area contributed by atoms with Crippen LogP contribution < -0.4 is 10.6 Å². The van der Waals surface area contributed by atoms with Crippen LogP contribution in [0.3, 0.4) is 0 Å². The minimum absolute atomic E-state index is 0.166. The number of benzene rings is 1. The quantitative estimate of drug-likeness (QED) is 0.900. The fourth-order valence-corrected chi connectivity index (χ4v) is 1.72. The minimum Gasteiger partial charge on any atom is -0.379 e. The molecule has 2 rings (SSSR count). The molecule has 0 aliphatic carbocycles. The number of hydrogen-bond donors (Lipinski definition) is 2. The van der Waals surface area contributed by atoms with Crippen molar-refractivity contribution in [1.29, 1.82) is 0 Å². The summed E-state index contributed by atoms with van der Waals surface area (Å²) in [5, 5.41) is 5.59. The topological polar surface area (TPSA) is 54.0 Å². The Kier molecular flexibility index (Phi) is 4.30. The molecule has 1 heterocycles. The molecule has 0 radical (unpaired) electrons. The van der Waals surface area contributed by atoms with Gasteiger partial charge >= 0.3 is 0 Å². The van der Waals surface area contributed by atoms with Crippen LogP contribution in [0.25, 0.3) is 0 Å². The number of carbonyl (C=O) groups is 1. The fourth-order valence-electron chi connectivity index (χ4n) is 1.72. The van der Waals surface area contributed by atoms with Crippen LogP contribution in [0.1, 0.15) is 18.2 Å². The van der Waals surface area contributed by atoms with Gasteiger partial charge in [0.25, 0.3) is 0 Å². The van der Waals surface area contributed by atoms with Crippen LogP contribution in [-0.4, -0.2) is 10.9 Å². The number of anilines is 2. The van der Waals surface area contributed by atoms with E-state index < -0.39 is 5.82 Å². The Labute approximate surface area is 117 Å². The second-order valence-corrected chi connectivity index (χ2v) is 4.56. The number of aromatic nitrogens is 1. The molecule has 4 nitrogen and oxygen atoms in total. The summed E-state index contributed by atoms with van der Waals surface area (Å²) in [7, 11) is 0. The number of rotatable bonds is 4. The van der Waals surface area contributed by atoms with Gasteiger partial charge in [0.05, 0.1) is 17.9 Å². The molecule has 0 saturated carbocycles. The average Bonchev–Trinajstić information content (AvgIpc) is 2.41. The molecule has 1 aromatic carbocycles. The predicted molar refractivity (Wildman–Crippen MR) is 77.0 cm³/mol. The summed E-state index contributed by atoms with van der Waals surface area (Å²) >= 11 is 0. The third-order valence-corrected chi connectivity index (χ3v) is 2.72. The SMILES string of the molecule is CC(=O)Nc1cc(NCc2ccc(C)cn2)ccc1F. The van der Waals surface area contributed by atoms with Gasteiger partial charge < -0.3 is 10.6 Å². The van der Waals surface area contributed by atoms with Crippen molar-refractivity contribution in [2.24, 2.45) is 0 Å². The maximum Gasteiger partial charge on any atom is 0.221 e. The lowest BCUT2D eigenvalue weighted by atomic mass is 10.2. The number of nitrogens with one attached hydrogen (secondary N) is 2. The molecule has 2 aromatic rings. The monoisotopic (exact) mass is 273 g/mol. The van der Waals surface area contributed by atoms with Crippen LogP contribution >= 0.6 is 0 Å². The smallest absolute Gasteiger partial charge is 0.221 e. The van der Waals surface area contributed by atoms with Gasteiger partial charge in [-0.3, -0.25) is 9.78 Å². The van der Waals surface area contributed by atoms with E-state index in [1.54, 1.807) is 18.3 Å². The molecule has 0 unspecified atom stereocenters. The lowest BCUT2D eigenvalue weighted by molar-refractivity contribution is -0.114. The van der Waals surface area contributed by atoms with Gasteiger partial charge in [-0.25, -0.2) is 4.39 Å². The number of nitrogens with zero attached hydrogens (tertiary/aromatic N) is 1. The van der Waals surface area contributed by atoms with Crippen LogP contribution in [0, 0.1) is 12.7 Å². The van der Waals surface area contributed by atoms with Crippen molar-refractivity contribution < 1.29 is 9.18 Å². The van der Waals surface area contributed by atoms with Gasteiger partial charge in [0, 0.05) is 18.8 Å². The van der Waals surface area contributed by atoms with Gasteiger partial charge in [-0.05, 0) is 36.8 Å². The van der Waals surface area contributed by atoms with E-state index in [-0.39, 0.29) is 11.6 Å². The molecule has 0 atom stereocenters. The second kappa shape index (κ2) is 6.14. The Hall–Kier alpha value is -2.43. The molecule has 5 heteroatoms. The van der Waals surface area contributed by atoms with Crippen molar-refractivity contribution >= 4 is 17.3 Å². The van der Waals surface area contributed by atoms with Crippen molar-refractivity contribution in [2.75, 3.05) is 10.6 Å². The molecule has 0 bridgehead atoms. The first-order chi connectivity index (χ1) is 9.54. The van der Waals surface area contributed by atoms with E-state index in [4.69, 9.17) is 0 Å². The van der Waals surface area contributed by atoms with Crippen LogP contribution in [0.15, 0.2) is 36.5 Å². The molecule has 0 aliphatic heterocycles. The molecular formula is C15H16FN3O. The first-order valence-corrected chi connectivity index (χ1v) is 6.27. The highest BCUT2D eigenvalue weighted by molar-refractivity contribution is 5.89. The number of pyridine rings is 1. The van der Waals surface area contributed by atoms with Crippen molar-refractivity contribution in [2.45, 2.75) is 20.4 Å². The number of amides is 1. The summed E-state index contributed by atoms with van der Waals surface area (Å²) in [6.07, 6.45) is 1.80. The summed E-state index contributed by atoms with van der Waals surface area (Å²) in [4.78, 5) is 15.3. The van der Waals surface area contributed by atoms with Crippen molar-refractivity contribution in [3.63, 3.8) is 0 Å². The van der Waals surface area contributed by atoms with E-state index in [0.29, 0.717) is 6.54 Å². The van der Waals surface area contributed by atoms with Crippen LogP contribution in [0.4, 0.5) is 15.8 Å². The Bertz CT molecular complexity index is 611. The van der Waals surface area contributed by atoms with Gasteiger partial charge in [-0.1, -0.05) is 6.07 Å². The second-order valence-electron chi connectivity index (χ2n) is 4.56. The van der Waals surface area contributed by atoms with Gasteiger partial charge in [0.1, 0.15) is 5.82 Å². The first kappa shape index (κ1) is 14.0. The van der Waals surface area contributed by atoms with E-state index in [1.807, 2.05) is 19.1 Å². The van der Waals surface area contributed by atoms with Crippen LogP contribution in [-0.2, 0) is 11.3 Å². The highest BCUT2D eigenvalue weighted by atomic mass is 19.1. The third-order valence-electron chi connectivity index (χ3n) is 2.72. The lowest BCUT2D eigenvalue weighted by Gasteiger charge is -2.09. The third kappa shape index (κ3) is 3.78. The van der Waals surface area contributed by atoms with E-state index in [1.165, 1.54) is 13.0 Å². The van der Waals surface area contributed by atoms with Crippen molar-refractivity contribution in [1.82, 2.24) is 4.98 Å². The van der Waals surface area contributed by atoms with Gasteiger partial charge in [-0.2, -0.15) is 0 Å². The van der Waals surface area contributed by atoms with Gasteiger partial charge in [0.15, 0.2) is 0 Å². The Morgan fingerprint density at radius 2 is 2.10 bits per heavy atom. The summed E-state index contributed by atoms with van der Waals surface area (Å²) in [5.41, 5.74) is 2.88. The summed E-state index contributed by atoms with van der Waals surface area (Å²) in [6.45, 7) is 3.85. The van der Waals surface area contributed by atoms with Gasteiger partial charge in [-0.15, -0.1) is 0 Å². The standard InChI is InChI=1S/C15H16FN3O/c1-10-3-4-13(17-8-10)9-18-12-5-6-14(16)15(7-12)19-11(2)20/h3-8,18H,9H2,1-2H3,(H,19,20). The largest absolute Gasteiger partial charge is 0.379 e. The Morgan fingerprint density at radius 3 is 2.75 bits per heavy atom. The lowest BCUT2D eigenvalue weighted by Crippen LogP contribution is -2.08. The number of halogens is 1. The van der Waals surface area contributed by atoms with Crippen LogP contribution in [0.2, 0.25) is 0 Å². The average molecular weight is 273 g/mol. The van der Waals surface area contributed by atoms with Crippen molar-refractivity contribution in [3.05, 3.63) is 53.6 Å². The molecule has 0 saturated heterocycles. The van der Waals surface area contributed by atoms with E-state index in [9.17, 15) is 9.18 Å². The molecule has 20 heavy (non-hydrogen) atoms. The molecule has 1 amide bonds. The predicted octanol–water partition coefficient (Wildman–Crippen LogP) is 3.10. The number of aryl methyl sites for hydroxylation is 1. The normalized spacial score (nSPS) is 10.2. The Balaban J connectivity index is 2.06. The molecule has 1 aromatic heterocycles. The van der Waals surface area contributed by atoms with Crippen LogP contribution in [0.5, 0.6) is 0 Å². The maximum atomic E-state index is 13.5. The molecule has 2 N–H and O–H groups in total. The minimum atomic E-state index is -0.459. The zero-order valence-corrected chi connectivity index (χ0v) is 11.4. The number of hydrogen-bond acceptors (Lipinski definition) is 3. The molecule has 104 valence electrons. The number of carbonyl (C=O) groups excluding carboxylic acids is 1. The zero-order valence-electron chi connectivity index (χ0n) is 11.4. The highest BCUT2D eigenvalue weighted by Crippen LogP contribution is 2.20. The molecule has 0 fully saturated rings. The molecule has 0 spiro atoms.